The molecule has 0 bridgehead atoms. The van der Waals surface area contributed by atoms with E-state index in [1.165, 1.54) is 44.9 Å². The molecule has 6 atom stereocenters. The Kier molecular flexibility index (Phi) is 37.1. The van der Waals surface area contributed by atoms with Crippen molar-refractivity contribution in [2.45, 2.75) is 198 Å². The second kappa shape index (κ2) is 40.9. The van der Waals surface area contributed by atoms with E-state index in [2.05, 4.69) is 98.9 Å². The van der Waals surface area contributed by atoms with E-state index in [-0.39, 0.29) is 19.4 Å². The Bertz CT molecular complexity index is 1410. The maximum absolute atomic E-state index is 12.8. The lowest BCUT2D eigenvalue weighted by atomic mass is 9.99. The Hall–Kier alpha value is -3.87. The first-order valence-corrected chi connectivity index (χ1v) is 23.8. The Morgan fingerprint density at radius 1 is 0.508 bits per heavy atom. The quantitative estimate of drug-likeness (QED) is 0.0264. The van der Waals surface area contributed by atoms with E-state index in [1.54, 1.807) is 0 Å². The smallest absolute Gasteiger partial charge is 0.335 e. The van der Waals surface area contributed by atoms with Gasteiger partial charge in [-0.2, -0.15) is 0 Å². The van der Waals surface area contributed by atoms with Gasteiger partial charge in [0.2, 0.25) is 0 Å². The van der Waals surface area contributed by atoms with Crippen LogP contribution in [0.3, 0.4) is 0 Å². The lowest BCUT2D eigenvalue weighted by Crippen LogP contribution is -2.60. The number of hydrogen-bond acceptors (Lipinski definition) is 10. The van der Waals surface area contributed by atoms with Crippen molar-refractivity contribution in [3.8, 4) is 0 Å². The summed E-state index contributed by atoms with van der Waals surface area (Å²) in [6.45, 7) is 3.60. The number of carbonyl (C=O) groups is 3. The van der Waals surface area contributed by atoms with E-state index in [1.807, 2.05) is 12.2 Å². The van der Waals surface area contributed by atoms with Gasteiger partial charge < -0.3 is 39.4 Å². The summed E-state index contributed by atoms with van der Waals surface area (Å²) in [5.41, 5.74) is 0. The minimum absolute atomic E-state index is 0.103. The molecule has 6 unspecified atom stereocenters. The summed E-state index contributed by atoms with van der Waals surface area (Å²) in [6, 6.07) is 0. The van der Waals surface area contributed by atoms with Crippen LogP contribution in [0.1, 0.15) is 162 Å². The number of carbonyl (C=O) groups excluding carboxylic acids is 2. The van der Waals surface area contributed by atoms with E-state index < -0.39 is 61.3 Å². The van der Waals surface area contributed by atoms with Gasteiger partial charge in [-0.05, 0) is 83.5 Å². The van der Waals surface area contributed by atoms with Crippen LogP contribution in [-0.2, 0) is 33.3 Å². The summed E-state index contributed by atoms with van der Waals surface area (Å²) in [6.07, 6.45) is 46.0. The summed E-state index contributed by atoms with van der Waals surface area (Å²) in [7, 11) is 0. The highest BCUT2D eigenvalue weighted by Crippen LogP contribution is 2.23. The third kappa shape index (κ3) is 32.4. The fourth-order valence-corrected chi connectivity index (χ4v) is 6.46. The van der Waals surface area contributed by atoms with Crippen LogP contribution in [0.2, 0.25) is 0 Å². The van der Waals surface area contributed by atoms with Crippen molar-refractivity contribution in [2.24, 2.45) is 0 Å². The number of ether oxygens (including phenoxy) is 4. The van der Waals surface area contributed by atoms with Crippen molar-refractivity contribution in [3.63, 3.8) is 0 Å². The zero-order valence-corrected chi connectivity index (χ0v) is 38.5. The molecule has 0 spiro atoms. The molecule has 1 aliphatic heterocycles. The molecule has 1 saturated heterocycles. The number of hydrogen-bond donors (Lipinski definition) is 4. The van der Waals surface area contributed by atoms with Gasteiger partial charge in [-0.15, -0.1) is 0 Å². The van der Waals surface area contributed by atoms with Crippen LogP contribution in [0.25, 0.3) is 0 Å². The molecule has 0 aromatic carbocycles. The number of carboxylic acids is 1. The van der Waals surface area contributed by atoms with E-state index >= 15 is 0 Å². The lowest BCUT2D eigenvalue weighted by Gasteiger charge is -2.38. The second-order valence-electron chi connectivity index (χ2n) is 15.9. The minimum Gasteiger partial charge on any atom is -0.479 e. The van der Waals surface area contributed by atoms with Gasteiger partial charge in [-0.25, -0.2) is 4.79 Å². The fourth-order valence-electron chi connectivity index (χ4n) is 6.46. The molecular formula is C52H82O11. The van der Waals surface area contributed by atoms with Gasteiger partial charge >= 0.3 is 17.9 Å². The molecule has 11 heteroatoms. The molecule has 63 heavy (non-hydrogen) atoms. The van der Waals surface area contributed by atoms with Crippen LogP contribution in [0.5, 0.6) is 0 Å². The predicted molar refractivity (Wildman–Crippen MR) is 252 cm³/mol. The van der Waals surface area contributed by atoms with Gasteiger partial charge in [-0.1, -0.05) is 162 Å². The maximum atomic E-state index is 12.8. The lowest BCUT2D eigenvalue weighted by molar-refractivity contribution is -0.298. The van der Waals surface area contributed by atoms with Crippen molar-refractivity contribution >= 4 is 17.9 Å². The zero-order chi connectivity index (χ0) is 46.0. The fraction of sp³-hybridized carbons (Fsp3) is 0.635. The molecule has 0 amide bonds. The van der Waals surface area contributed by atoms with Crippen LogP contribution in [0, 0.1) is 0 Å². The predicted octanol–water partition coefficient (Wildman–Crippen LogP) is 10.8. The van der Waals surface area contributed by atoms with Crippen LogP contribution in [0.15, 0.2) is 97.2 Å². The van der Waals surface area contributed by atoms with Gasteiger partial charge in [0.25, 0.3) is 0 Å². The zero-order valence-electron chi connectivity index (χ0n) is 38.5. The highest BCUT2D eigenvalue weighted by molar-refractivity contribution is 5.73. The Morgan fingerprint density at radius 2 is 0.968 bits per heavy atom. The van der Waals surface area contributed by atoms with Crippen molar-refractivity contribution in [2.75, 3.05) is 13.2 Å². The van der Waals surface area contributed by atoms with Gasteiger partial charge in [0, 0.05) is 12.8 Å². The Labute approximate surface area is 379 Å². The summed E-state index contributed by atoms with van der Waals surface area (Å²) < 4.78 is 21.7. The molecule has 0 radical (unpaired) electrons. The van der Waals surface area contributed by atoms with Crippen LogP contribution < -0.4 is 0 Å². The number of aliphatic hydroxyl groups excluding tert-OH is 3. The molecule has 0 aliphatic carbocycles. The molecule has 1 heterocycles. The summed E-state index contributed by atoms with van der Waals surface area (Å²) >= 11 is 0. The molecular weight excluding hydrogens is 801 g/mol. The van der Waals surface area contributed by atoms with Gasteiger partial charge in [0.05, 0.1) is 6.61 Å². The number of aliphatic carboxylic acids is 1. The average molecular weight is 883 g/mol. The molecule has 356 valence electrons. The second-order valence-corrected chi connectivity index (χ2v) is 15.9. The number of aliphatic hydroxyl groups is 3. The van der Waals surface area contributed by atoms with E-state index in [9.17, 15) is 34.8 Å². The standard InChI is InChI=1S/C52H82O11/c1-3-5-7-9-11-13-15-17-19-21-23-25-26-28-30-32-34-36-38-40-45(53)60-42-44(43-61-52-49(57)47(55)48(56)50(63-52)51(58)59)62-46(54)41-39-37-35-33-31-29-27-24-22-20-18-16-14-12-10-8-6-4-2/h5,7,11,13-14,16-17,19-20,22-23,25,28,30,34,36,44,47-50,52,55-57H,3-4,6,8-10,12,15,18,21,24,26-27,29,31-33,35,37-43H2,1-2H3,(H,58,59)/b7-5-,13-11-,16-14-,19-17-,22-20-,25-23-,30-28-,36-34-. The first-order chi connectivity index (χ1) is 30.7. The number of carboxylic acid groups (broad SMARTS) is 1. The summed E-state index contributed by atoms with van der Waals surface area (Å²) in [5, 5.41) is 39.9. The summed E-state index contributed by atoms with van der Waals surface area (Å²) in [5.74, 6) is -2.57. The number of esters is 2. The third-order valence-corrected chi connectivity index (χ3v) is 10.2. The van der Waals surface area contributed by atoms with Gasteiger partial charge in [-0.3, -0.25) is 9.59 Å². The van der Waals surface area contributed by atoms with Crippen LogP contribution >= 0.6 is 0 Å². The largest absolute Gasteiger partial charge is 0.479 e. The maximum Gasteiger partial charge on any atom is 0.335 e. The Balaban J connectivity index is 2.41. The highest BCUT2D eigenvalue weighted by Gasteiger charge is 2.47. The summed E-state index contributed by atoms with van der Waals surface area (Å²) in [4.78, 5) is 36.9. The van der Waals surface area contributed by atoms with Crippen LogP contribution in [0.4, 0.5) is 0 Å². The first kappa shape index (κ1) is 57.1. The van der Waals surface area contributed by atoms with Crippen molar-refractivity contribution in [1.29, 1.82) is 0 Å². The average Bonchev–Trinajstić information content (AvgIpc) is 3.27. The SMILES string of the molecule is CC/C=C\C/C=C\C/C=C\C/C=C\C/C=C\C/C=C\CCC(=O)OCC(COC1OC(C(=O)O)C(O)C(O)C1O)OC(=O)CCCCCCCCC/C=C\C/C=C\CCCCCC. The molecule has 0 saturated carbocycles. The molecule has 1 rings (SSSR count). The molecule has 1 fully saturated rings. The van der Waals surface area contributed by atoms with Crippen molar-refractivity contribution < 1.29 is 53.8 Å². The monoisotopic (exact) mass is 883 g/mol. The first-order valence-electron chi connectivity index (χ1n) is 23.8. The number of rotatable bonds is 38. The van der Waals surface area contributed by atoms with E-state index in [4.69, 9.17) is 18.9 Å². The normalized spacial score (nSPS) is 20.3. The third-order valence-electron chi connectivity index (χ3n) is 10.2. The van der Waals surface area contributed by atoms with Gasteiger partial charge in [0.1, 0.15) is 24.9 Å². The van der Waals surface area contributed by atoms with Gasteiger partial charge in [0.15, 0.2) is 18.5 Å². The molecule has 0 aromatic rings. The van der Waals surface area contributed by atoms with Crippen molar-refractivity contribution in [1.82, 2.24) is 0 Å². The number of unbranched alkanes of at least 4 members (excludes halogenated alkanes) is 11. The van der Waals surface area contributed by atoms with E-state index in [0.29, 0.717) is 12.8 Å². The van der Waals surface area contributed by atoms with Crippen molar-refractivity contribution in [3.05, 3.63) is 97.2 Å². The highest BCUT2D eigenvalue weighted by atomic mass is 16.7. The molecule has 11 nitrogen and oxygen atoms in total. The molecule has 1 aliphatic rings. The number of allylic oxidation sites excluding steroid dienone is 16. The molecule has 0 aromatic heterocycles. The van der Waals surface area contributed by atoms with Crippen LogP contribution in [-0.4, -0.2) is 88.4 Å². The Morgan fingerprint density at radius 3 is 1.48 bits per heavy atom. The topological polar surface area (TPSA) is 169 Å². The molecule has 4 N–H and O–H groups in total. The minimum atomic E-state index is -1.88. The van der Waals surface area contributed by atoms with E-state index in [0.717, 1.165) is 77.0 Å².